The zero-order valence-electron chi connectivity index (χ0n) is 11.6. The number of rotatable bonds is 5. The first-order valence-corrected chi connectivity index (χ1v) is 6.76. The largest absolute Gasteiger partial charge is 0.478 e. The van der Waals surface area contributed by atoms with Gasteiger partial charge in [0, 0.05) is 6.42 Å². The summed E-state index contributed by atoms with van der Waals surface area (Å²) in [5.41, 5.74) is 1.39. The molecule has 0 amide bonds. The van der Waals surface area contributed by atoms with Crippen molar-refractivity contribution in [2.75, 3.05) is 0 Å². The zero-order valence-corrected chi connectivity index (χ0v) is 11.6. The second kappa shape index (κ2) is 5.40. The number of aryl methyl sites for hydroxylation is 1. The second-order valence-electron chi connectivity index (χ2n) is 4.98. The highest BCUT2D eigenvalue weighted by molar-refractivity contribution is 6.00. The topological polar surface area (TPSA) is 81.2 Å². The normalized spacial score (nSPS) is 12.6. The lowest BCUT2D eigenvalue weighted by Crippen LogP contribution is -2.10. The number of benzene rings is 1. The van der Waals surface area contributed by atoms with E-state index in [2.05, 4.69) is 10.3 Å². The van der Waals surface area contributed by atoms with Gasteiger partial charge in [-0.2, -0.15) is 0 Å². The average molecular weight is 285 g/mol. The van der Waals surface area contributed by atoms with Crippen LogP contribution in [0, 0.1) is 0 Å². The summed E-state index contributed by atoms with van der Waals surface area (Å²) >= 11 is 0. The molecule has 1 aromatic carbocycles. The quantitative estimate of drug-likeness (QED) is 0.779. The summed E-state index contributed by atoms with van der Waals surface area (Å²) < 4.78 is 6.99. The third-order valence-corrected chi connectivity index (χ3v) is 3.53. The predicted octanol–water partition coefficient (Wildman–Crippen LogP) is 2.92. The van der Waals surface area contributed by atoms with E-state index in [9.17, 15) is 9.90 Å². The van der Waals surface area contributed by atoms with Crippen molar-refractivity contribution in [1.29, 1.82) is 0 Å². The number of carboxylic acid groups (broad SMARTS) is 1. The van der Waals surface area contributed by atoms with E-state index in [0.29, 0.717) is 11.0 Å². The van der Waals surface area contributed by atoms with Crippen LogP contribution in [0.25, 0.3) is 11.0 Å². The van der Waals surface area contributed by atoms with Crippen molar-refractivity contribution < 1.29 is 14.3 Å². The summed E-state index contributed by atoms with van der Waals surface area (Å²) in [6.45, 7) is 2.00. The van der Waals surface area contributed by atoms with Crippen LogP contribution in [-0.4, -0.2) is 26.1 Å². The van der Waals surface area contributed by atoms with E-state index in [1.165, 1.54) is 0 Å². The number of aromatic nitrogens is 3. The SMILES string of the molecule is CC(CCc1ccco1)n1nnc2cccc(C(=O)O)c21. The highest BCUT2D eigenvalue weighted by Crippen LogP contribution is 2.23. The minimum Gasteiger partial charge on any atom is -0.478 e. The Morgan fingerprint density at radius 2 is 2.24 bits per heavy atom. The van der Waals surface area contributed by atoms with E-state index in [1.807, 2.05) is 19.1 Å². The Labute approximate surface area is 121 Å². The molecule has 0 aliphatic carbocycles. The van der Waals surface area contributed by atoms with Gasteiger partial charge in [-0.15, -0.1) is 5.10 Å². The van der Waals surface area contributed by atoms with Gasteiger partial charge in [0.15, 0.2) is 0 Å². The summed E-state index contributed by atoms with van der Waals surface area (Å²) in [7, 11) is 0. The molecule has 3 aromatic rings. The van der Waals surface area contributed by atoms with Gasteiger partial charge in [0.2, 0.25) is 0 Å². The number of carbonyl (C=O) groups is 1. The molecule has 6 heteroatoms. The van der Waals surface area contributed by atoms with E-state index in [1.54, 1.807) is 29.1 Å². The van der Waals surface area contributed by atoms with Crippen LogP contribution in [0.3, 0.4) is 0 Å². The minimum absolute atomic E-state index is 0.0283. The Hall–Kier alpha value is -2.63. The highest BCUT2D eigenvalue weighted by Gasteiger charge is 2.18. The van der Waals surface area contributed by atoms with Crippen molar-refractivity contribution in [3.8, 4) is 0 Å². The van der Waals surface area contributed by atoms with Crippen LogP contribution in [0.2, 0.25) is 0 Å². The minimum atomic E-state index is -0.970. The van der Waals surface area contributed by atoms with Crippen molar-refractivity contribution in [2.24, 2.45) is 0 Å². The number of nitrogens with zero attached hydrogens (tertiary/aromatic N) is 3. The Morgan fingerprint density at radius 1 is 1.38 bits per heavy atom. The first-order chi connectivity index (χ1) is 10.2. The number of furan rings is 1. The number of carboxylic acids is 1. The maximum absolute atomic E-state index is 11.3. The van der Waals surface area contributed by atoms with Gasteiger partial charge in [0.25, 0.3) is 0 Å². The fourth-order valence-corrected chi connectivity index (χ4v) is 2.40. The maximum atomic E-state index is 11.3. The summed E-state index contributed by atoms with van der Waals surface area (Å²) in [5, 5.41) is 17.5. The molecule has 1 N–H and O–H groups in total. The third-order valence-electron chi connectivity index (χ3n) is 3.53. The number of para-hydroxylation sites is 1. The number of hydrogen-bond donors (Lipinski definition) is 1. The van der Waals surface area contributed by atoms with E-state index in [-0.39, 0.29) is 11.6 Å². The Balaban J connectivity index is 1.90. The molecule has 3 rings (SSSR count). The molecule has 0 saturated carbocycles. The van der Waals surface area contributed by atoms with Crippen molar-refractivity contribution >= 4 is 17.0 Å². The second-order valence-corrected chi connectivity index (χ2v) is 4.98. The molecule has 0 spiro atoms. The molecule has 0 saturated heterocycles. The summed E-state index contributed by atoms with van der Waals surface area (Å²) in [6, 6.07) is 8.83. The molecule has 0 aliphatic rings. The molecule has 0 radical (unpaired) electrons. The van der Waals surface area contributed by atoms with Gasteiger partial charge in [0.05, 0.1) is 17.9 Å². The van der Waals surface area contributed by atoms with E-state index in [0.717, 1.165) is 18.6 Å². The van der Waals surface area contributed by atoms with Crippen molar-refractivity contribution in [1.82, 2.24) is 15.0 Å². The molecule has 2 aromatic heterocycles. The van der Waals surface area contributed by atoms with Gasteiger partial charge < -0.3 is 9.52 Å². The Bertz CT molecular complexity index is 762. The van der Waals surface area contributed by atoms with Crippen LogP contribution < -0.4 is 0 Å². The van der Waals surface area contributed by atoms with Crippen LogP contribution in [0.5, 0.6) is 0 Å². The van der Waals surface area contributed by atoms with Crippen LogP contribution >= 0.6 is 0 Å². The number of aromatic carboxylic acids is 1. The van der Waals surface area contributed by atoms with Crippen LogP contribution in [0.15, 0.2) is 41.0 Å². The Morgan fingerprint density at radius 3 is 2.95 bits per heavy atom. The van der Waals surface area contributed by atoms with Crippen molar-refractivity contribution in [2.45, 2.75) is 25.8 Å². The highest BCUT2D eigenvalue weighted by atomic mass is 16.4. The molecule has 0 bridgehead atoms. The molecule has 0 fully saturated rings. The van der Waals surface area contributed by atoms with Crippen molar-refractivity contribution in [3.63, 3.8) is 0 Å². The first kappa shape index (κ1) is 13.4. The van der Waals surface area contributed by atoms with Crippen LogP contribution in [0.1, 0.15) is 35.5 Å². The zero-order chi connectivity index (χ0) is 14.8. The van der Waals surface area contributed by atoms with Crippen LogP contribution in [0.4, 0.5) is 0 Å². The number of hydrogen-bond acceptors (Lipinski definition) is 4. The van der Waals surface area contributed by atoms with Gasteiger partial charge >= 0.3 is 5.97 Å². The van der Waals surface area contributed by atoms with Gasteiger partial charge in [-0.05, 0) is 37.6 Å². The molecule has 0 aliphatic heterocycles. The molecule has 1 atom stereocenters. The summed E-state index contributed by atoms with van der Waals surface area (Å²) in [6.07, 6.45) is 3.21. The average Bonchev–Trinajstić information content (AvgIpc) is 3.13. The maximum Gasteiger partial charge on any atom is 0.337 e. The molecular weight excluding hydrogens is 270 g/mol. The van der Waals surface area contributed by atoms with Crippen LogP contribution in [-0.2, 0) is 6.42 Å². The molecule has 108 valence electrons. The number of fused-ring (bicyclic) bond motifs is 1. The molecule has 2 heterocycles. The molecule has 21 heavy (non-hydrogen) atoms. The lowest BCUT2D eigenvalue weighted by atomic mass is 10.1. The third kappa shape index (κ3) is 2.52. The van der Waals surface area contributed by atoms with Gasteiger partial charge in [-0.1, -0.05) is 11.3 Å². The summed E-state index contributed by atoms with van der Waals surface area (Å²) in [4.78, 5) is 11.3. The lowest BCUT2D eigenvalue weighted by Gasteiger charge is -2.12. The molecule has 6 nitrogen and oxygen atoms in total. The smallest absolute Gasteiger partial charge is 0.337 e. The van der Waals surface area contributed by atoms with E-state index < -0.39 is 5.97 Å². The van der Waals surface area contributed by atoms with Gasteiger partial charge in [-0.25, -0.2) is 9.48 Å². The van der Waals surface area contributed by atoms with Crippen molar-refractivity contribution in [3.05, 3.63) is 47.9 Å². The lowest BCUT2D eigenvalue weighted by molar-refractivity contribution is 0.0698. The Kier molecular flexibility index (Phi) is 3.43. The predicted molar refractivity (Wildman–Crippen MR) is 76.2 cm³/mol. The fourth-order valence-electron chi connectivity index (χ4n) is 2.40. The van der Waals surface area contributed by atoms with Gasteiger partial charge in [0.1, 0.15) is 16.8 Å². The standard InChI is InChI=1S/C15H15N3O3/c1-10(7-8-11-4-3-9-21-11)18-14-12(15(19)20)5-2-6-13(14)16-17-18/h2-6,9-10H,7-8H2,1H3,(H,19,20). The van der Waals surface area contributed by atoms with E-state index in [4.69, 9.17) is 4.42 Å². The van der Waals surface area contributed by atoms with E-state index >= 15 is 0 Å². The van der Waals surface area contributed by atoms with Gasteiger partial charge in [-0.3, -0.25) is 0 Å². The summed E-state index contributed by atoms with van der Waals surface area (Å²) in [5.74, 6) is -0.0629. The monoisotopic (exact) mass is 285 g/mol. The molecular formula is C15H15N3O3. The molecule has 1 unspecified atom stereocenters. The fraction of sp³-hybridized carbons (Fsp3) is 0.267. The first-order valence-electron chi connectivity index (χ1n) is 6.76.